The van der Waals surface area contributed by atoms with Crippen LogP contribution in [0, 0.1) is 5.92 Å². The molecule has 0 saturated carbocycles. The van der Waals surface area contributed by atoms with Crippen LogP contribution >= 0.6 is 0 Å². The summed E-state index contributed by atoms with van der Waals surface area (Å²) in [4.78, 5) is 25.7. The van der Waals surface area contributed by atoms with Gasteiger partial charge in [0.15, 0.2) is 0 Å². The van der Waals surface area contributed by atoms with Crippen molar-refractivity contribution in [1.82, 2.24) is 10.2 Å². The SMILES string of the molecule is CCC1CC2OCCC(NC(=O)CN)C(=O)N2C1C. The Balaban J connectivity index is 2.12. The van der Waals surface area contributed by atoms with E-state index in [0.717, 1.165) is 12.8 Å². The van der Waals surface area contributed by atoms with Gasteiger partial charge >= 0.3 is 0 Å². The third-order valence-corrected chi connectivity index (χ3v) is 4.25. The maximum atomic E-state index is 12.5. The maximum Gasteiger partial charge on any atom is 0.247 e. The van der Waals surface area contributed by atoms with Crippen LogP contribution in [0.1, 0.15) is 33.1 Å². The largest absolute Gasteiger partial charge is 0.358 e. The van der Waals surface area contributed by atoms with Crippen molar-refractivity contribution >= 4 is 11.8 Å². The zero-order chi connectivity index (χ0) is 14.0. The molecule has 0 radical (unpaired) electrons. The van der Waals surface area contributed by atoms with Gasteiger partial charge in [-0.3, -0.25) is 9.59 Å². The molecule has 2 rings (SSSR count). The van der Waals surface area contributed by atoms with Gasteiger partial charge in [-0.1, -0.05) is 13.3 Å². The Bertz CT molecular complexity index is 361. The minimum Gasteiger partial charge on any atom is -0.358 e. The van der Waals surface area contributed by atoms with Crippen LogP contribution in [0.5, 0.6) is 0 Å². The first-order valence-corrected chi connectivity index (χ1v) is 7.01. The Hall–Kier alpha value is -1.14. The summed E-state index contributed by atoms with van der Waals surface area (Å²) in [6, 6.07) is -0.336. The van der Waals surface area contributed by atoms with Crippen molar-refractivity contribution in [3.8, 4) is 0 Å². The summed E-state index contributed by atoms with van der Waals surface area (Å²) in [5, 5.41) is 2.69. The molecule has 3 N–H and O–H groups in total. The van der Waals surface area contributed by atoms with E-state index in [1.54, 1.807) is 0 Å². The predicted octanol–water partition coefficient (Wildman–Crippen LogP) is -0.177. The lowest BCUT2D eigenvalue weighted by molar-refractivity contribution is -0.143. The van der Waals surface area contributed by atoms with E-state index in [1.807, 2.05) is 4.90 Å². The second-order valence-corrected chi connectivity index (χ2v) is 5.33. The molecule has 2 heterocycles. The average Bonchev–Trinajstić information content (AvgIpc) is 2.64. The average molecular weight is 269 g/mol. The van der Waals surface area contributed by atoms with Crippen molar-refractivity contribution < 1.29 is 14.3 Å². The van der Waals surface area contributed by atoms with Gasteiger partial charge in [0.05, 0.1) is 13.2 Å². The molecule has 0 bridgehead atoms. The second kappa shape index (κ2) is 5.88. The van der Waals surface area contributed by atoms with E-state index < -0.39 is 6.04 Å². The van der Waals surface area contributed by atoms with Crippen LogP contribution in [0.25, 0.3) is 0 Å². The highest BCUT2D eigenvalue weighted by Crippen LogP contribution is 2.34. The molecular weight excluding hydrogens is 246 g/mol. The smallest absolute Gasteiger partial charge is 0.247 e. The zero-order valence-electron chi connectivity index (χ0n) is 11.6. The molecule has 2 amide bonds. The van der Waals surface area contributed by atoms with Crippen molar-refractivity contribution in [2.75, 3.05) is 13.2 Å². The summed E-state index contributed by atoms with van der Waals surface area (Å²) in [6.45, 7) is 4.58. The van der Waals surface area contributed by atoms with E-state index in [2.05, 4.69) is 19.2 Å². The molecule has 108 valence electrons. The summed E-state index contributed by atoms with van der Waals surface area (Å²) >= 11 is 0. The van der Waals surface area contributed by atoms with Crippen LogP contribution in [0.2, 0.25) is 0 Å². The molecule has 2 aliphatic rings. The van der Waals surface area contributed by atoms with Crippen LogP contribution in [0.15, 0.2) is 0 Å². The second-order valence-electron chi connectivity index (χ2n) is 5.33. The first kappa shape index (κ1) is 14.3. The first-order chi connectivity index (χ1) is 9.08. The quantitative estimate of drug-likeness (QED) is 0.744. The Labute approximate surface area is 113 Å². The number of carbonyl (C=O) groups excluding carboxylic acids is 2. The van der Waals surface area contributed by atoms with E-state index >= 15 is 0 Å². The van der Waals surface area contributed by atoms with Gasteiger partial charge in [-0.2, -0.15) is 0 Å². The fourth-order valence-corrected chi connectivity index (χ4v) is 3.07. The van der Waals surface area contributed by atoms with Crippen molar-refractivity contribution in [3.63, 3.8) is 0 Å². The molecule has 2 aliphatic heterocycles. The Kier molecular flexibility index (Phi) is 4.42. The molecule has 6 heteroatoms. The number of amides is 2. The van der Waals surface area contributed by atoms with Crippen LogP contribution in [0.3, 0.4) is 0 Å². The molecule has 2 saturated heterocycles. The van der Waals surface area contributed by atoms with E-state index in [0.29, 0.717) is 18.9 Å². The minimum atomic E-state index is -0.501. The number of fused-ring (bicyclic) bond motifs is 1. The molecule has 6 nitrogen and oxygen atoms in total. The summed E-state index contributed by atoms with van der Waals surface area (Å²) in [5.74, 6) is 0.140. The maximum absolute atomic E-state index is 12.5. The van der Waals surface area contributed by atoms with E-state index in [-0.39, 0.29) is 30.6 Å². The highest BCUT2D eigenvalue weighted by molar-refractivity contribution is 5.88. The Morgan fingerprint density at radius 1 is 1.58 bits per heavy atom. The van der Waals surface area contributed by atoms with Crippen molar-refractivity contribution in [3.05, 3.63) is 0 Å². The van der Waals surface area contributed by atoms with E-state index in [1.165, 1.54) is 0 Å². The molecule has 2 fully saturated rings. The summed E-state index contributed by atoms with van der Waals surface area (Å²) in [6.07, 6.45) is 2.30. The standard InChI is InChI=1S/C13H23N3O3/c1-3-9-6-12-16(8(9)2)13(18)10(4-5-19-12)15-11(17)7-14/h8-10,12H,3-7,14H2,1-2H3,(H,15,17). The number of nitrogens with two attached hydrogens (primary N) is 1. The first-order valence-electron chi connectivity index (χ1n) is 7.01. The summed E-state index contributed by atoms with van der Waals surface area (Å²) < 4.78 is 5.77. The normalized spacial score (nSPS) is 34.9. The number of nitrogens with zero attached hydrogens (tertiary/aromatic N) is 1. The van der Waals surface area contributed by atoms with Gasteiger partial charge < -0.3 is 20.7 Å². The Morgan fingerprint density at radius 3 is 2.95 bits per heavy atom. The number of rotatable bonds is 3. The third kappa shape index (κ3) is 2.74. The highest BCUT2D eigenvalue weighted by atomic mass is 16.5. The van der Waals surface area contributed by atoms with Gasteiger partial charge in [0.2, 0.25) is 11.8 Å². The molecule has 0 spiro atoms. The van der Waals surface area contributed by atoms with Crippen LogP contribution in [-0.4, -0.2) is 48.2 Å². The monoisotopic (exact) mass is 269 g/mol. The molecule has 0 aliphatic carbocycles. The lowest BCUT2D eigenvalue weighted by atomic mass is 9.98. The van der Waals surface area contributed by atoms with E-state index in [4.69, 9.17) is 10.5 Å². The summed E-state index contributed by atoms with van der Waals surface area (Å²) in [7, 11) is 0. The molecule has 4 atom stereocenters. The van der Waals surface area contributed by atoms with Gasteiger partial charge in [0.25, 0.3) is 0 Å². The van der Waals surface area contributed by atoms with E-state index in [9.17, 15) is 9.59 Å². The lowest BCUT2D eigenvalue weighted by Gasteiger charge is -2.29. The number of nitrogens with one attached hydrogen (secondary N) is 1. The molecular formula is C13H23N3O3. The molecule has 0 aromatic carbocycles. The predicted molar refractivity (Wildman–Crippen MR) is 70.0 cm³/mol. The lowest BCUT2D eigenvalue weighted by Crippen LogP contribution is -2.52. The van der Waals surface area contributed by atoms with Crippen LogP contribution < -0.4 is 11.1 Å². The van der Waals surface area contributed by atoms with Gasteiger partial charge in [-0.05, 0) is 19.3 Å². The van der Waals surface area contributed by atoms with Gasteiger partial charge in [-0.25, -0.2) is 0 Å². The van der Waals surface area contributed by atoms with Crippen LogP contribution in [0.4, 0.5) is 0 Å². The van der Waals surface area contributed by atoms with Gasteiger partial charge in [-0.15, -0.1) is 0 Å². The molecule has 0 aromatic rings. The Morgan fingerprint density at radius 2 is 2.32 bits per heavy atom. The molecule has 4 unspecified atom stereocenters. The number of hydrogen-bond donors (Lipinski definition) is 2. The van der Waals surface area contributed by atoms with Crippen molar-refractivity contribution in [2.24, 2.45) is 11.7 Å². The van der Waals surface area contributed by atoms with Crippen LogP contribution in [-0.2, 0) is 14.3 Å². The van der Waals surface area contributed by atoms with Gasteiger partial charge in [0.1, 0.15) is 12.3 Å². The topological polar surface area (TPSA) is 84.7 Å². The molecule has 0 aromatic heterocycles. The van der Waals surface area contributed by atoms with Crippen molar-refractivity contribution in [1.29, 1.82) is 0 Å². The minimum absolute atomic E-state index is 0.0345. The number of ether oxygens (including phenoxy) is 1. The van der Waals surface area contributed by atoms with Gasteiger partial charge in [0, 0.05) is 12.5 Å². The fourth-order valence-electron chi connectivity index (χ4n) is 3.07. The van der Waals surface area contributed by atoms with Crippen molar-refractivity contribution in [2.45, 2.75) is 51.4 Å². The fraction of sp³-hybridized carbons (Fsp3) is 0.846. The summed E-state index contributed by atoms with van der Waals surface area (Å²) in [5.41, 5.74) is 5.28. The number of hydrogen-bond acceptors (Lipinski definition) is 4. The highest BCUT2D eigenvalue weighted by Gasteiger charge is 2.44. The third-order valence-electron chi connectivity index (χ3n) is 4.25. The zero-order valence-corrected chi connectivity index (χ0v) is 11.6. The molecule has 19 heavy (non-hydrogen) atoms. The number of carbonyl (C=O) groups is 2.